The molecule has 0 unspecified atom stereocenters. The van der Waals surface area contributed by atoms with Crippen LogP contribution in [0.2, 0.25) is 0 Å². The molecule has 26 heavy (non-hydrogen) atoms. The van der Waals surface area contributed by atoms with Gasteiger partial charge in [-0.2, -0.15) is 0 Å². The van der Waals surface area contributed by atoms with Gasteiger partial charge in [0, 0.05) is 20.0 Å². The lowest BCUT2D eigenvalue weighted by Crippen LogP contribution is -2.63. The molecule has 0 aromatic carbocycles. The maximum atomic E-state index is 12.8. The van der Waals surface area contributed by atoms with Crippen LogP contribution in [-0.4, -0.2) is 71.0 Å². The first-order valence-corrected chi connectivity index (χ1v) is 8.80. The lowest BCUT2D eigenvalue weighted by molar-refractivity contribution is -0.218. The van der Waals surface area contributed by atoms with Gasteiger partial charge in [0.25, 0.3) is 0 Å². The second kappa shape index (κ2) is 6.35. The topological polar surface area (TPSA) is 102 Å². The van der Waals surface area contributed by atoms with Crippen molar-refractivity contribution in [3.63, 3.8) is 0 Å². The number of aliphatic hydroxyl groups is 1. The second-order valence-electron chi connectivity index (χ2n) is 7.55. The van der Waals surface area contributed by atoms with E-state index in [0.717, 1.165) is 19.0 Å². The molecule has 0 aromatic rings. The molecule has 1 N–H and O–H groups in total. The summed E-state index contributed by atoms with van der Waals surface area (Å²) >= 11 is 0. The predicted molar refractivity (Wildman–Crippen MR) is 88.9 cm³/mol. The Bertz CT molecular complexity index is 670. The van der Waals surface area contributed by atoms with E-state index in [2.05, 4.69) is 4.90 Å². The lowest BCUT2D eigenvalue weighted by atomic mass is 9.76. The quantitative estimate of drug-likeness (QED) is 0.398. The van der Waals surface area contributed by atoms with Gasteiger partial charge in [-0.25, -0.2) is 4.79 Å². The fourth-order valence-electron chi connectivity index (χ4n) is 4.00. The molecule has 3 aliphatic heterocycles. The standard InChI is InChI=1S/C18H25NO7/c1-10-15(21)25-13-6-8-19-7-5-12(14(13)19)9-24-16(22)17(3,23)18(10,4)26-11(2)20/h5,10,13-14,23H,6-9H2,1-4H3/t10-,13+,14+,17-,18+/m0/s1. The van der Waals surface area contributed by atoms with Crippen molar-refractivity contribution in [3.05, 3.63) is 11.6 Å². The van der Waals surface area contributed by atoms with Crippen molar-refractivity contribution in [2.24, 2.45) is 5.92 Å². The Morgan fingerprint density at radius 3 is 2.73 bits per heavy atom. The second-order valence-corrected chi connectivity index (χ2v) is 7.55. The van der Waals surface area contributed by atoms with Crippen molar-refractivity contribution in [2.45, 2.75) is 57.5 Å². The van der Waals surface area contributed by atoms with E-state index in [0.29, 0.717) is 13.0 Å². The lowest BCUT2D eigenvalue weighted by Gasteiger charge is -2.42. The Morgan fingerprint density at radius 1 is 1.38 bits per heavy atom. The number of rotatable bonds is 1. The maximum absolute atomic E-state index is 12.8. The number of ether oxygens (including phenoxy) is 3. The van der Waals surface area contributed by atoms with Crippen LogP contribution in [-0.2, 0) is 28.6 Å². The van der Waals surface area contributed by atoms with Gasteiger partial charge in [-0.05, 0) is 32.8 Å². The van der Waals surface area contributed by atoms with Crippen molar-refractivity contribution in [1.29, 1.82) is 0 Å². The summed E-state index contributed by atoms with van der Waals surface area (Å²) in [5.41, 5.74) is -3.21. The van der Waals surface area contributed by atoms with Gasteiger partial charge in [0.2, 0.25) is 0 Å². The number of cyclic esters (lactones) is 1. The fraction of sp³-hybridized carbons (Fsp3) is 0.722. The molecule has 0 bridgehead atoms. The number of carbonyl (C=O) groups is 3. The van der Waals surface area contributed by atoms with E-state index in [4.69, 9.17) is 14.2 Å². The number of esters is 3. The Hall–Kier alpha value is -1.93. The van der Waals surface area contributed by atoms with Crippen molar-refractivity contribution in [2.75, 3.05) is 19.7 Å². The molecule has 3 rings (SSSR count). The summed E-state index contributed by atoms with van der Waals surface area (Å²) in [7, 11) is 0. The van der Waals surface area contributed by atoms with Crippen molar-refractivity contribution >= 4 is 17.9 Å². The average molecular weight is 367 g/mol. The third-order valence-electron chi connectivity index (χ3n) is 5.95. The zero-order valence-corrected chi connectivity index (χ0v) is 15.5. The summed E-state index contributed by atoms with van der Waals surface area (Å²) in [5, 5.41) is 10.9. The van der Waals surface area contributed by atoms with E-state index in [1.165, 1.54) is 20.8 Å². The third-order valence-corrected chi connectivity index (χ3v) is 5.95. The monoisotopic (exact) mass is 367 g/mol. The zero-order valence-electron chi connectivity index (χ0n) is 15.5. The molecule has 0 aromatic heterocycles. The van der Waals surface area contributed by atoms with E-state index in [9.17, 15) is 19.5 Å². The summed E-state index contributed by atoms with van der Waals surface area (Å²) in [6.45, 7) is 6.65. The summed E-state index contributed by atoms with van der Waals surface area (Å²) < 4.78 is 16.3. The molecule has 3 aliphatic rings. The molecule has 3 heterocycles. The summed E-state index contributed by atoms with van der Waals surface area (Å²) in [5.74, 6) is -3.37. The maximum Gasteiger partial charge on any atom is 0.342 e. The SMILES string of the molecule is CC(=O)O[C@]1(C)[C@@H](C)C(=O)O[C@@H]2CCN3CC=C(COC(=O)[C@]1(C)O)[C@H]23. The predicted octanol–water partition coefficient (Wildman–Crippen LogP) is 0.178. The van der Waals surface area contributed by atoms with Crippen molar-refractivity contribution < 1.29 is 33.7 Å². The molecule has 8 nitrogen and oxygen atoms in total. The molecule has 5 atom stereocenters. The van der Waals surface area contributed by atoms with Gasteiger partial charge in [-0.3, -0.25) is 14.5 Å². The van der Waals surface area contributed by atoms with Crippen LogP contribution in [0.4, 0.5) is 0 Å². The van der Waals surface area contributed by atoms with Gasteiger partial charge < -0.3 is 19.3 Å². The highest BCUT2D eigenvalue weighted by Gasteiger charge is 2.59. The Labute approximate surface area is 152 Å². The van der Waals surface area contributed by atoms with Gasteiger partial charge in [-0.1, -0.05) is 6.08 Å². The summed E-state index contributed by atoms with van der Waals surface area (Å²) in [6.07, 6.45) is 2.27. The van der Waals surface area contributed by atoms with Crippen LogP contribution in [0.3, 0.4) is 0 Å². The van der Waals surface area contributed by atoms with E-state index >= 15 is 0 Å². The van der Waals surface area contributed by atoms with E-state index < -0.39 is 35.0 Å². The smallest absolute Gasteiger partial charge is 0.342 e. The van der Waals surface area contributed by atoms with Gasteiger partial charge in [-0.15, -0.1) is 0 Å². The number of nitrogens with zero attached hydrogens (tertiary/aromatic N) is 1. The minimum Gasteiger partial charge on any atom is -0.460 e. The number of carbonyl (C=O) groups excluding carboxylic acids is 3. The highest BCUT2D eigenvalue weighted by atomic mass is 16.6. The van der Waals surface area contributed by atoms with Gasteiger partial charge in [0.15, 0.2) is 11.2 Å². The van der Waals surface area contributed by atoms with E-state index in [1.54, 1.807) is 0 Å². The highest BCUT2D eigenvalue weighted by molar-refractivity contribution is 5.84. The molecule has 0 amide bonds. The zero-order chi connectivity index (χ0) is 19.3. The van der Waals surface area contributed by atoms with E-state index in [-0.39, 0.29) is 18.8 Å². The van der Waals surface area contributed by atoms with Gasteiger partial charge in [0.05, 0.1) is 12.0 Å². The third kappa shape index (κ3) is 2.81. The first-order valence-electron chi connectivity index (χ1n) is 8.80. The van der Waals surface area contributed by atoms with Crippen LogP contribution in [0.15, 0.2) is 11.6 Å². The van der Waals surface area contributed by atoms with Crippen LogP contribution in [0.25, 0.3) is 0 Å². The first-order chi connectivity index (χ1) is 12.1. The molecule has 2 saturated heterocycles. The fourth-order valence-corrected chi connectivity index (χ4v) is 4.00. The van der Waals surface area contributed by atoms with Crippen molar-refractivity contribution in [1.82, 2.24) is 4.90 Å². The normalized spacial score (nSPS) is 40.8. The molecular formula is C18H25NO7. The Balaban J connectivity index is 2.01. The molecule has 8 heteroatoms. The van der Waals surface area contributed by atoms with Crippen LogP contribution < -0.4 is 0 Å². The molecule has 2 fully saturated rings. The Kier molecular flexibility index (Phi) is 4.60. The molecule has 0 saturated carbocycles. The van der Waals surface area contributed by atoms with Crippen LogP contribution in [0, 0.1) is 5.92 Å². The number of hydrogen-bond acceptors (Lipinski definition) is 8. The minimum atomic E-state index is -2.23. The van der Waals surface area contributed by atoms with Crippen molar-refractivity contribution in [3.8, 4) is 0 Å². The molecular weight excluding hydrogens is 342 g/mol. The van der Waals surface area contributed by atoms with Crippen LogP contribution in [0.5, 0.6) is 0 Å². The first kappa shape index (κ1) is 18.8. The largest absolute Gasteiger partial charge is 0.460 e. The Morgan fingerprint density at radius 2 is 2.08 bits per heavy atom. The molecule has 0 spiro atoms. The van der Waals surface area contributed by atoms with E-state index in [1.807, 2.05) is 6.08 Å². The van der Waals surface area contributed by atoms with Crippen LogP contribution >= 0.6 is 0 Å². The van der Waals surface area contributed by atoms with Crippen LogP contribution in [0.1, 0.15) is 34.1 Å². The number of hydrogen-bond donors (Lipinski definition) is 1. The minimum absolute atomic E-state index is 0.00523. The summed E-state index contributed by atoms with van der Waals surface area (Å²) in [4.78, 5) is 39.2. The molecule has 0 aliphatic carbocycles. The summed E-state index contributed by atoms with van der Waals surface area (Å²) in [6, 6.07) is -0.123. The molecule has 0 radical (unpaired) electrons. The highest BCUT2D eigenvalue weighted by Crippen LogP contribution is 2.39. The molecule has 144 valence electrons. The average Bonchev–Trinajstić information content (AvgIpc) is 3.13. The van der Waals surface area contributed by atoms with Gasteiger partial charge in [0.1, 0.15) is 12.7 Å². The van der Waals surface area contributed by atoms with Gasteiger partial charge >= 0.3 is 17.9 Å².